The van der Waals surface area contributed by atoms with Crippen LogP contribution in [0.25, 0.3) is 0 Å². The van der Waals surface area contributed by atoms with Gasteiger partial charge in [0, 0.05) is 12.0 Å². The van der Waals surface area contributed by atoms with E-state index in [0.29, 0.717) is 18.4 Å². The summed E-state index contributed by atoms with van der Waals surface area (Å²) in [5, 5.41) is 11.7. The minimum absolute atomic E-state index is 0.0111. The van der Waals surface area contributed by atoms with Gasteiger partial charge in [0.15, 0.2) is 0 Å². The molecule has 2 unspecified atom stereocenters. The minimum atomic E-state index is -0.508. The van der Waals surface area contributed by atoms with E-state index in [0.717, 1.165) is 19.3 Å². The van der Waals surface area contributed by atoms with E-state index in [1.165, 1.54) is 51.4 Å². The highest BCUT2D eigenvalue weighted by Crippen LogP contribution is 2.53. The SMILES string of the molecule is CC(C)C1CCCCC1(O)C1(CN)CCCCCCC1. The van der Waals surface area contributed by atoms with Crippen LogP contribution in [0.4, 0.5) is 0 Å². The molecule has 2 saturated carbocycles. The summed E-state index contributed by atoms with van der Waals surface area (Å²) in [6.07, 6.45) is 13.4. The number of rotatable bonds is 3. The van der Waals surface area contributed by atoms with Crippen molar-refractivity contribution in [2.75, 3.05) is 6.54 Å². The molecule has 0 radical (unpaired) electrons. The van der Waals surface area contributed by atoms with Crippen molar-refractivity contribution in [3.8, 4) is 0 Å². The van der Waals surface area contributed by atoms with E-state index >= 15 is 0 Å². The van der Waals surface area contributed by atoms with E-state index in [9.17, 15) is 5.11 Å². The Morgan fingerprint density at radius 1 is 0.950 bits per heavy atom. The van der Waals surface area contributed by atoms with Crippen LogP contribution in [0.15, 0.2) is 0 Å². The predicted molar refractivity (Wildman–Crippen MR) is 85.6 cm³/mol. The maximum absolute atomic E-state index is 11.7. The zero-order chi connectivity index (χ0) is 14.6. The van der Waals surface area contributed by atoms with E-state index in [-0.39, 0.29) is 5.41 Å². The Labute approximate surface area is 125 Å². The molecule has 0 spiro atoms. The largest absolute Gasteiger partial charge is 0.389 e. The van der Waals surface area contributed by atoms with Gasteiger partial charge in [-0.15, -0.1) is 0 Å². The summed E-state index contributed by atoms with van der Waals surface area (Å²) in [6.45, 7) is 5.24. The molecule has 2 aliphatic rings. The lowest BCUT2D eigenvalue weighted by Gasteiger charge is -2.55. The van der Waals surface area contributed by atoms with Crippen LogP contribution in [0.2, 0.25) is 0 Å². The summed E-state index contributed by atoms with van der Waals surface area (Å²) in [7, 11) is 0. The quantitative estimate of drug-likeness (QED) is 0.812. The Balaban J connectivity index is 2.29. The fraction of sp³-hybridized carbons (Fsp3) is 1.00. The first-order valence-corrected chi connectivity index (χ1v) is 8.98. The number of hydrogen-bond donors (Lipinski definition) is 2. The van der Waals surface area contributed by atoms with Crippen LogP contribution in [0.5, 0.6) is 0 Å². The molecule has 2 rings (SSSR count). The van der Waals surface area contributed by atoms with Gasteiger partial charge in [0.1, 0.15) is 0 Å². The van der Waals surface area contributed by atoms with E-state index in [1.807, 2.05) is 0 Å². The van der Waals surface area contributed by atoms with Gasteiger partial charge in [0.05, 0.1) is 5.60 Å². The molecule has 0 heterocycles. The van der Waals surface area contributed by atoms with Crippen molar-refractivity contribution in [1.82, 2.24) is 0 Å². The van der Waals surface area contributed by atoms with Crippen LogP contribution in [0.3, 0.4) is 0 Å². The highest BCUT2D eigenvalue weighted by Gasteiger charge is 2.54. The Kier molecular flexibility index (Phi) is 5.53. The second kappa shape index (κ2) is 6.79. The predicted octanol–water partition coefficient (Wildman–Crippen LogP) is 4.25. The van der Waals surface area contributed by atoms with Gasteiger partial charge in [0.2, 0.25) is 0 Å². The minimum Gasteiger partial charge on any atom is -0.389 e. The van der Waals surface area contributed by atoms with Crippen LogP contribution in [-0.2, 0) is 0 Å². The van der Waals surface area contributed by atoms with Crippen molar-refractivity contribution in [2.24, 2.45) is 23.0 Å². The molecule has 0 aliphatic heterocycles. The maximum Gasteiger partial charge on any atom is 0.0746 e. The van der Waals surface area contributed by atoms with Gasteiger partial charge in [-0.25, -0.2) is 0 Å². The third kappa shape index (κ3) is 2.92. The number of hydrogen-bond acceptors (Lipinski definition) is 2. The molecule has 2 fully saturated rings. The molecule has 0 bridgehead atoms. The van der Waals surface area contributed by atoms with Gasteiger partial charge in [-0.05, 0) is 37.5 Å². The molecule has 0 aromatic rings. The third-order valence-electron chi connectivity index (χ3n) is 6.36. The lowest BCUT2D eigenvalue weighted by atomic mass is 9.54. The lowest BCUT2D eigenvalue weighted by molar-refractivity contribution is -0.165. The Morgan fingerprint density at radius 3 is 2.05 bits per heavy atom. The van der Waals surface area contributed by atoms with E-state index < -0.39 is 5.60 Å². The summed E-state index contributed by atoms with van der Waals surface area (Å²) in [4.78, 5) is 0. The van der Waals surface area contributed by atoms with Crippen LogP contribution >= 0.6 is 0 Å². The fourth-order valence-electron chi connectivity index (χ4n) is 5.12. The molecular weight excluding hydrogens is 246 g/mol. The van der Waals surface area contributed by atoms with Crippen molar-refractivity contribution in [3.05, 3.63) is 0 Å². The van der Waals surface area contributed by atoms with Gasteiger partial charge >= 0.3 is 0 Å². The van der Waals surface area contributed by atoms with Gasteiger partial charge in [-0.2, -0.15) is 0 Å². The smallest absolute Gasteiger partial charge is 0.0746 e. The van der Waals surface area contributed by atoms with Crippen molar-refractivity contribution in [1.29, 1.82) is 0 Å². The van der Waals surface area contributed by atoms with Gasteiger partial charge in [-0.1, -0.05) is 58.8 Å². The summed E-state index contributed by atoms with van der Waals surface area (Å²) < 4.78 is 0. The lowest BCUT2D eigenvalue weighted by Crippen LogP contribution is -2.59. The van der Waals surface area contributed by atoms with Crippen molar-refractivity contribution < 1.29 is 5.11 Å². The number of aliphatic hydroxyl groups is 1. The van der Waals surface area contributed by atoms with Crippen LogP contribution in [0.1, 0.15) is 84.5 Å². The van der Waals surface area contributed by atoms with Crippen LogP contribution < -0.4 is 5.73 Å². The molecule has 20 heavy (non-hydrogen) atoms. The molecular formula is C18H35NO. The molecule has 2 aliphatic carbocycles. The highest BCUT2D eigenvalue weighted by molar-refractivity contribution is 5.05. The Bertz CT molecular complexity index is 294. The summed E-state index contributed by atoms with van der Waals surface area (Å²) in [6, 6.07) is 0. The average molecular weight is 281 g/mol. The van der Waals surface area contributed by atoms with Gasteiger partial charge in [-0.3, -0.25) is 0 Å². The van der Waals surface area contributed by atoms with E-state index in [1.54, 1.807) is 0 Å². The summed E-state index contributed by atoms with van der Waals surface area (Å²) in [5.74, 6) is 1.01. The van der Waals surface area contributed by atoms with Crippen molar-refractivity contribution in [2.45, 2.75) is 90.1 Å². The van der Waals surface area contributed by atoms with Crippen molar-refractivity contribution in [3.63, 3.8) is 0 Å². The maximum atomic E-state index is 11.7. The van der Waals surface area contributed by atoms with Crippen LogP contribution in [0, 0.1) is 17.3 Å². The van der Waals surface area contributed by atoms with E-state index in [4.69, 9.17) is 5.73 Å². The first kappa shape index (κ1) is 16.3. The molecule has 0 aromatic carbocycles. The first-order chi connectivity index (χ1) is 9.56. The molecule has 3 N–H and O–H groups in total. The second-order valence-electron chi connectivity index (χ2n) is 7.77. The number of nitrogens with two attached hydrogens (primary N) is 1. The molecule has 2 atom stereocenters. The Morgan fingerprint density at radius 2 is 1.50 bits per heavy atom. The second-order valence-corrected chi connectivity index (χ2v) is 7.77. The zero-order valence-corrected chi connectivity index (χ0v) is 13.7. The summed E-state index contributed by atoms with van der Waals surface area (Å²) in [5.41, 5.74) is 5.76. The van der Waals surface area contributed by atoms with Gasteiger partial charge in [0.25, 0.3) is 0 Å². The molecule has 118 valence electrons. The summed E-state index contributed by atoms with van der Waals surface area (Å²) >= 11 is 0. The molecule has 0 aromatic heterocycles. The molecule has 2 heteroatoms. The highest BCUT2D eigenvalue weighted by atomic mass is 16.3. The zero-order valence-electron chi connectivity index (χ0n) is 13.7. The van der Waals surface area contributed by atoms with Crippen molar-refractivity contribution >= 4 is 0 Å². The monoisotopic (exact) mass is 281 g/mol. The Hall–Kier alpha value is -0.0800. The standard InChI is InChI=1S/C18H35NO/c1-15(2)16-10-6-9-13-18(16,20)17(14-19)11-7-4-3-5-8-12-17/h15-16,20H,3-14,19H2,1-2H3. The molecule has 2 nitrogen and oxygen atoms in total. The molecule has 0 amide bonds. The topological polar surface area (TPSA) is 46.2 Å². The first-order valence-electron chi connectivity index (χ1n) is 8.98. The van der Waals surface area contributed by atoms with E-state index in [2.05, 4.69) is 13.8 Å². The third-order valence-corrected chi connectivity index (χ3v) is 6.36. The fourth-order valence-corrected chi connectivity index (χ4v) is 5.12. The average Bonchev–Trinajstić information content (AvgIpc) is 2.39. The molecule has 0 saturated heterocycles. The van der Waals surface area contributed by atoms with Gasteiger partial charge < -0.3 is 10.8 Å². The normalized spacial score (nSPS) is 35.5. The van der Waals surface area contributed by atoms with Crippen LogP contribution in [-0.4, -0.2) is 17.3 Å².